The van der Waals surface area contributed by atoms with Crippen LogP contribution in [-0.4, -0.2) is 36.6 Å². The Hall–Kier alpha value is -3.62. The van der Waals surface area contributed by atoms with E-state index in [1.165, 1.54) is 11.6 Å². The number of hydrogen-bond donors (Lipinski definition) is 1. The van der Waals surface area contributed by atoms with Crippen LogP contribution < -0.4 is 14.8 Å². The maximum atomic E-state index is 12.4. The summed E-state index contributed by atoms with van der Waals surface area (Å²) in [5.41, 5.74) is 1.32. The zero-order valence-corrected chi connectivity index (χ0v) is 16.7. The highest BCUT2D eigenvalue weighted by Gasteiger charge is 2.27. The van der Waals surface area contributed by atoms with E-state index in [9.17, 15) is 19.7 Å². The number of carbonyl (C=O) groups is 2. The quantitative estimate of drug-likeness (QED) is 0.420. The largest absolute Gasteiger partial charge is 0.486 e. The van der Waals surface area contributed by atoms with Crippen LogP contribution in [0.3, 0.4) is 0 Å². The van der Waals surface area contributed by atoms with Crippen molar-refractivity contribution < 1.29 is 28.7 Å². The highest BCUT2D eigenvalue weighted by molar-refractivity contribution is 5.96. The van der Waals surface area contributed by atoms with E-state index in [1.807, 2.05) is 31.2 Å². The number of rotatable bonds is 7. The highest BCUT2D eigenvalue weighted by Crippen LogP contribution is 2.36. The van der Waals surface area contributed by atoms with Gasteiger partial charge in [-0.2, -0.15) is 0 Å². The van der Waals surface area contributed by atoms with Crippen molar-refractivity contribution in [3.63, 3.8) is 0 Å². The summed E-state index contributed by atoms with van der Waals surface area (Å²) in [4.78, 5) is 35.2. The van der Waals surface area contributed by atoms with Crippen LogP contribution in [0.1, 0.15) is 41.4 Å². The Morgan fingerprint density at radius 2 is 1.80 bits per heavy atom. The van der Waals surface area contributed by atoms with Gasteiger partial charge in [-0.25, -0.2) is 4.79 Å². The van der Waals surface area contributed by atoms with Gasteiger partial charge in [-0.05, 0) is 24.5 Å². The summed E-state index contributed by atoms with van der Waals surface area (Å²) in [6, 6.07) is 9.85. The molecule has 1 atom stereocenters. The maximum Gasteiger partial charge on any atom is 0.345 e. The molecule has 1 N–H and O–H groups in total. The lowest BCUT2D eigenvalue weighted by Gasteiger charge is -2.18. The molecule has 0 aromatic heterocycles. The first-order valence-electron chi connectivity index (χ1n) is 9.52. The van der Waals surface area contributed by atoms with Gasteiger partial charge >= 0.3 is 5.97 Å². The summed E-state index contributed by atoms with van der Waals surface area (Å²) < 4.78 is 15.7. The second kappa shape index (κ2) is 9.25. The molecule has 0 radical (unpaired) electrons. The van der Waals surface area contributed by atoms with E-state index in [-0.39, 0.29) is 36.3 Å². The number of nitro groups is 1. The Bertz CT molecular complexity index is 957. The van der Waals surface area contributed by atoms with Gasteiger partial charge in [0.15, 0.2) is 18.1 Å². The molecule has 9 nitrogen and oxygen atoms in total. The van der Waals surface area contributed by atoms with Gasteiger partial charge in [0, 0.05) is 6.07 Å². The van der Waals surface area contributed by atoms with E-state index in [2.05, 4.69) is 12.2 Å². The van der Waals surface area contributed by atoms with Gasteiger partial charge in [0.1, 0.15) is 18.8 Å². The molecule has 1 aliphatic rings. The van der Waals surface area contributed by atoms with E-state index < -0.39 is 29.1 Å². The first-order valence-corrected chi connectivity index (χ1v) is 9.52. The van der Waals surface area contributed by atoms with Crippen LogP contribution >= 0.6 is 0 Å². The molecule has 3 rings (SSSR count). The SMILES string of the molecule is CCc1ccc([C@H](C)NC(=O)COC(=O)c2cc3c(cc2[N+](=O)[O-])OCCO3)cc1. The van der Waals surface area contributed by atoms with E-state index in [0.717, 1.165) is 18.1 Å². The molecular weight excluding hydrogens is 392 g/mol. The number of benzene rings is 2. The summed E-state index contributed by atoms with van der Waals surface area (Å²) in [6.45, 7) is 3.82. The molecule has 9 heteroatoms. The summed E-state index contributed by atoms with van der Waals surface area (Å²) in [6.07, 6.45) is 0.920. The molecule has 2 aromatic rings. The van der Waals surface area contributed by atoms with Crippen molar-refractivity contribution in [1.82, 2.24) is 5.32 Å². The molecule has 0 saturated heterocycles. The van der Waals surface area contributed by atoms with Crippen LogP contribution in [0.5, 0.6) is 11.5 Å². The van der Waals surface area contributed by atoms with Crippen molar-refractivity contribution in [2.24, 2.45) is 0 Å². The molecule has 2 aromatic carbocycles. The normalized spacial score (nSPS) is 13.3. The third kappa shape index (κ3) is 4.86. The summed E-state index contributed by atoms with van der Waals surface area (Å²) >= 11 is 0. The van der Waals surface area contributed by atoms with E-state index in [0.29, 0.717) is 0 Å². The number of amides is 1. The molecular formula is C21H22N2O7. The van der Waals surface area contributed by atoms with Crippen molar-refractivity contribution in [2.45, 2.75) is 26.3 Å². The Kier molecular flexibility index (Phi) is 6.51. The van der Waals surface area contributed by atoms with Gasteiger partial charge in [-0.15, -0.1) is 0 Å². The van der Waals surface area contributed by atoms with E-state index in [4.69, 9.17) is 14.2 Å². The second-order valence-corrected chi connectivity index (χ2v) is 6.73. The zero-order valence-electron chi connectivity index (χ0n) is 16.7. The summed E-state index contributed by atoms with van der Waals surface area (Å²) in [7, 11) is 0. The van der Waals surface area contributed by atoms with E-state index >= 15 is 0 Å². The fourth-order valence-electron chi connectivity index (χ4n) is 3.01. The molecule has 0 bridgehead atoms. The molecule has 0 saturated carbocycles. The van der Waals surface area contributed by atoms with Crippen molar-refractivity contribution >= 4 is 17.6 Å². The van der Waals surface area contributed by atoms with Crippen LogP contribution in [0, 0.1) is 10.1 Å². The van der Waals surface area contributed by atoms with Crippen LogP contribution in [0.15, 0.2) is 36.4 Å². The predicted octanol–water partition coefficient (Wildman–Crippen LogP) is 2.96. The minimum atomic E-state index is -0.992. The van der Waals surface area contributed by atoms with Crippen molar-refractivity contribution in [3.8, 4) is 11.5 Å². The number of fused-ring (bicyclic) bond motifs is 1. The minimum absolute atomic E-state index is 0.185. The third-order valence-electron chi connectivity index (χ3n) is 4.68. The Balaban J connectivity index is 1.63. The lowest BCUT2D eigenvalue weighted by atomic mass is 10.1. The lowest BCUT2D eigenvalue weighted by Crippen LogP contribution is -2.31. The number of hydrogen-bond acceptors (Lipinski definition) is 7. The number of ether oxygens (including phenoxy) is 3. The van der Waals surface area contributed by atoms with Crippen LogP contribution in [0.4, 0.5) is 5.69 Å². The third-order valence-corrected chi connectivity index (χ3v) is 4.68. The number of nitro benzene ring substituents is 1. The van der Waals surface area contributed by atoms with Gasteiger partial charge in [-0.1, -0.05) is 31.2 Å². The van der Waals surface area contributed by atoms with Gasteiger partial charge in [0.05, 0.1) is 17.0 Å². The standard InChI is InChI=1S/C21H22N2O7/c1-3-14-4-6-15(7-5-14)13(2)22-20(24)12-30-21(25)16-10-18-19(29-9-8-28-18)11-17(16)23(26)27/h4-7,10-11,13H,3,8-9,12H2,1-2H3,(H,22,24)/t13-/m0/s1. The fourth-order valence-corrected chi connectivity index (χ4v) is 3.01. The number of aryl methyl sites for hydroxylation is 1. The molecule has 158 valence electrons. The van der Waals surface area contributed by atoms with Crippen molar-refractivity contribution in [3.05, 3.63) is 63.2 Å². The fraction of sp³-hybridized carbons (Fsp3) is 0.333. The Morgan fingerprint density at radius 3 is 2.40 bits per heavy atom. The van der Waals surface area contributed by atoms with Crippen molar-refractivity contribution in [1.29, 1.82) is 0 Å². The van der Waals surface area contributed by atoms with E-state index in [1.54, 1.807) is 0 Å². The monoisotopic (exact) mass is 414 g/mol. The lowest BCUT2D eigenvalue weighted by molar-refractivity contribution is -0.385. The zero-order chi connectivity index (χ0) is 21.7. The van der Waals surface area contributed by atoms with Gasteiger partial charge in [-0.3, -0.25) is 14.9 Å². The highest BCUT2D eigenvalue weighted by atomic mass is 16.6. The second-order valence-electron chi connectivity index (χ2n) is 6.73. The molecule has 0 unspecified atom stereocenters. The number of carbonyl (C=O) groups excluding carboxylic acids is 2. The first-order chi connectivity index (χ1) is 14.4. The summed E-state index contributed by atoms with van der Waals surface area (Å²) in [5, 5.41) is 14.1. The maximum absolute atomic E-state index is 12.4. The van der Waals surface area contributed by atoms with Crippen molar-refractivity contribution in [2.75, 3.05) is 19.8 Å². The van der Waals surface area contributed by atoms with Crippen LogP contribution in [0.25, 0.3) is 0 Å². The summed E-state index contributed by atoms with van der Waals surface area (Å²) in [5.74, 6) is -1.11. The molecule has 0 fully saturated rings. The number of nitrogens with zero attached hydrogens (tertiary/aromatic N) is 1. The Morgan fingerprint density at radius 1 is 1.17 bits per heavy atom. The molecule has 30 heavy (non-hydrogen) atoms. The first kappa shape index (κ1) is 21.1. The molecule has 0 aliphatic carbocycles. The minimum Gasteiger partial charge on any atom is -0.486 e. The van der Waals surface area contributed by atoms with Gasteiger partial charge < -0.3 is 19.5 Å². The molecule has 1 amide bonds. The molecule has 1 aliphatic heterocycles. The number of nitrogens with one attached hydrogen (secondary N) is 1. The number of esters is 1. The van der Waals surface area contributed by atoms with Gasteiger partial charge in [0.25, 0.3) is 11.6 Å². The Labute approximate surface area is 173 Å². The van der Waals surface area contributed by atoms with Gasteiger partial charge in [0.2, 0.25) is 0 Å². The smallest absolute Gasteiger partial charge is 0.345 e. The van der Waals surface area contributed by atoms with Crippen LogP contribution in [0.2, 0.25) is 0 Å². The molecule has 0 spiro atoms. The molecule has 1 heterocycles. The average molecular weight is 414 g/mol. The topological polar surface area (TPSA) is 117 Å². The van der Waals surface area contributed by atoms with Crippen LogP contribution in [-0.2, 0) is 16.0 Å². The predicted molar refractivity (Wildman–Crippen MR) is 107 cm³/mol. The average Bonchev–Trinajstić information content (AvgIpc) is 2.76.